The number of rotatable bonds is 2. The van der Waals surface area contributed by atoms with Crippen LogP contribution in [0.3, 0.4) is 0 Å². The van der Waals surface area contributed by atoms with Gasteiger partial charge in [-0.3, -0.25) is 0 Å². The van der Waals surface area contributed by atoms with Crippen molar-refractivity contribution >= 4 is 0 Å². The Bertz CT molecular complexity index is 270. The Kier molecular flexibility index (Phi) is 1.67. The number of aliphatic hydroxyl groups is 2. The van der Waals surface area contributed by atoms with E-state index in [9.17, 15) is 5.11 Å². The van der Waals surface area contributed by atoms with Gasteiger partial charge in [0.15, 0.2) is 0 Å². The molecule has 0 spiro atoms. The minimum atomic E-state index is -0.740. The van der Waals surface area contributed by atoms with Crippen LogP contribution in [0, 0.1) is 5.92 Å². The summed E-state index contributed by atoms with van der Waals surface area (Å²) in [5.41, 5.74) is 0.180. The van der Waals surface area contributed by atoms with E-state index in [1.54, 1.807) is 0 Å². The third-order valence-electron chi connectivity index (χ3n) is 2.57. The van der Waals surface area contributed by atoms with Crippen LogP contribution in [0.5, 0.6) is 0 Å². The van der Waals surface area contributed by atoms with E-state index in [0.717, 1.165) is 5.56 Å². The number of aliphatic hydroxyl groups excluding tert-OH is 1. The van der Waals surface area contributed by atoms with Crippen LogP contribution >= 0.6 is 0 Å². The standard InChI is InChI=1S/C10H12O2/c11-7-9-6-10(9,12)8-4-2-1-3-5-8/h1-5,9,11-12H,6-7H2. The Morgan fingerprint density at radius 1 is 1.33 bits per heavy atom. The van der Waals surface area contributed by atoms with Gasteiger partial charge in [-0.25, -0.2) is 0 Å². The van der Waals surface area contributed by atoms with Crippen LogP contribution in [-0.4, -0.2) is 16.8 Å². The highest BCUT2D eigenvalue weighted by molar-refractivity contribution is 5.29. The molecule has 0 aliphatic heterocycles. The van der Waals surface area contributed by atoms with E-state index in [0.29, 0.717) is 6.42 Å². The molecule has 2 rings (SSSR count). The predicted molar refractivity (Wildman–Crippen MR) is 45.5 cm³/mol. The van der Waals surface area contributed by atoms with Crippen LogP contribution in [0.2, 0.25) is 0 Å². The summed E-state index contributed by atoms with van der Waals surface area (Å²) in [6, 6.07) is 9.52. The summed E-state index contributed by atoms with van der Waals surface area (Å²) in [7, 11) is 0. The lowest BCUT2D eigenvalue weighted by Gasteiger charge is -2.08. The lowest BCUT2D eigenvalue weighted by atomic mass is 10.1. The van der Waals surface area contributed by atoms with Gasteiger partial charge < -0.3 is 10.2 Å². The fourth-order valence-corrected chi connectivity index (χ4v) is 1.61. The van der Waals surface area contributed by atoms with Crippen molar-refractivity contribution in [1.29, 1.82) is 0 Å². The zero-order valence-electron chi connectivity index (χ0n) is 6.77. The maximum atomic E-state index is 9.90. The van der Waals surface area contributed by atoms with Gasteiger partial charge in [-0.1, -0.05) is 30.3 Å². The Hall–Kier alpha value is -0.860. The average Bonchev–Trinajstić information content (AvgIpc) is 2.81. The molecule has 2 nitrogen and oxygen atoms in total. The third kappa shape index (κ3) is 1.04. The highest BCUT2D eigenvalue weighted by atomic mass is 16.3. The van der Waals surface area contributed by atoms with Crippen molar-refractivity contribution in [1.82, 2.24) is 0 Å². The Balaban J connectivity index is 2.23. The lowest BCUT2D eigenvalue weighted by molar-refractivity contribution is 0.111. The molecule has 0 heterocycles. The molecule has 64 valence electrons. The minimum Gasteiger partial charge on any atom is -0.396 e. The molecule has 0 saturated heterocycles. The van der Waals surface area contributed by atoms with Crippen LogP contribution in [-0.2, 0) is 5.60 Å². The summed E-state index contributed by atoms with van der Waals surface area (Å²) >= 11 is 0. The first-order valence-corrected chi connectivity index (χ1v) is 4.16. The molecule has 0 radical (unpaired) electrons. The summed E-state index contributed by atoms with van der Waals surface area (Å²) in [6.45, 7) is 0.0748. The zero-order chi connectivity index (χ0) is 8.60. The largest absolute Gasteiger partial charge is 0.396 e. The molecule has 1 aromatic rings. The monoisotopic (exact) mass is 164 g/mol. The summed E-state index contributed by atoms with van der Waals surface area (Å²) in [6.07, 6.45) is 0.688. The van der Waals surface area contributed by atoms with Crippen molar-refractivity contribution in [2.75, 3.05) is 6.61 Å². The smallest absolute Gasteiger partial charge is 0.0952 e. The Labute approximate surface area is 71.5 Å². The molecule has 2 N–H and O–H groups in total. The predicted octanol–water partition coefficient (Wildman–Crippen LogP) is 0.886. The first-order chi connectivity index (χ1) is 5.77. The van der Waals surface area contributed by atoms with Gasteiger partial charge in [0.1, 0.15) is 0 Å². The fraction of sp³-hybridized carbons (Fsp3) is 0.400. The van der Waals surface area contributed by atoms with Crippen LogP contribution in [0.4, 0.5) is 0 Å². The molecule has 0 amide bonds. The molecule has 1 aromatic carbocycles. The molecule has 1 aliphatic rings. The second-order valence-electron chi connectivity index (χ2n) is 3.37. The lowest BCUT2D eigenvalue weighted by Crippen LogP contribution is -2.10. The van der Waals surface area contributed by atoms with Gasteiger partial charge in [0.2, 0.25) is 0 Å². The molecule has 1 aliphatic carbocycles. The SMILES string of the molecule is OCC1CC1(O)c1ccccc1. The summed E-state index contributed by atoms with van der Waals surface area (Å²) in [5.74, 6) is 0.0416. The number of benzene rings is 1. The molecule has 0 aromatic heterocycles. The second-order valence-corrected chi connectivity index (χ2v) is 3.37. The van der Waals surface area contributed by atoms with Gasteiger partial charge in [-0.05, 0) is 12.0 Å². The van der Waals surface area contributed by atoms with Crippen molar-refractivity contribution in [2.24, 2.45) is 5.92 Å². The van der Waals surface area contributed by atoms with Gasteiger partial charge in [0.05, 0.1) is 5.60 Å². The molecule has 2 atom stereocenters. The highest BCUT2D eigenvalue weighted by Crippen LogP contribution is 2.51. The minimum absolute atomic E-state index is 0.0416. The van der Waals surface area contributed by atoms with Crippen LogP contribution < -0.4 is 0 Å². The van der Waals surface area contributed by atoms with Crippen LogP contribution in [0.1, 0.15) is 12.0 Å². The van der Waals surface area contributed by atoms with Gasteiger partial charge in [-0.15, -0.1) is 0 Å². The third-order valence-corrected chi connectivity index (χ3v) is 2.57. The van der Waals surface area contributed by atoms with E-state index in [-0.39, 0.29) is 12.5 Å². The fourth-order valence-electron chi connectivity index (χ4n) is 1.61. The molecule has 2 heteroatoms. The van der Waals surface area contributed by atoms with Crippen molar-refractivity contribution in [3.8, 4) is 0 Å². The van der Waals surface area contributed by atoms with E-state index in [1.807, 2.05) is 30.3 Å². The number of hydrogen-bond acceptors (Lipinski definition) is 2. The average molecular weight is 164 g/mol. The maximum absolute atomic E-state index is 9.90. The van der Waals surface area contributed by atoms with E-state index in [1.165, 1.54) is 0 Å². The molecule has 1 fully saturated rings. The molecule has 0 bridgehead atoms. The summed E-state index contributed by atoms with van der Waals surface area (Å²) < 4.78 is 0. The van der Waals surface area contributed by atoms with Gasteiger partial charge >= 0.3 is 0 Å². The Morgan fingerprint density at radius 3 is 2.50 bits per heavy atom. The first kappa shape index (κ1) is 7.77. The van der Waals surface area contributed by atoms with E-state index in [2.05, 4.69) is 0 Å². The zero-order valence-corrected chi connectivity index (χ0v) is 6.77. The topological polar surface area (TPSA) is 40.5 Å². The molecule has 1 saturated carbocycles. The first-order valence-electron chi connectivity index (χ1n) is 4.16. The van der Waals surface area contributed by atoms with Gasteiger partial charge in [0.25, 0.3) is 0 Å². The quantitative estimate of drug-likeness (QED) is 0.681. The summed E-state index contributed by atoms with van der Waals surface area (Å²) in [4.78, 5) is 0. The van der Waals surface area contributed by atoms with Crippen molar-refractivity contribution in [2.45, 2.75) is 12.0 Å². The normalized spacial score (nSPS) is 33.3. The van der Waals surface area contributed by atoms with Gasteiger partial charge in [0, 0.05) is 12.5 Å². The molecular weight excluding hydrogens is 152 g/mol. The van der Waals surface area contributed by atoms with E-state index in [4.69, 9.17) is 5.11 Å². The summed E-state index contributed by atoms with van der Waals surface area (Å²) in [5, 5.41) is 18.7. The van der Waals surface area contributed by atoms with Gasteiger partial charge in [-0.2, -0.15) is 0 Å². The highest BCUT2D eigenvalue weighted by Gasteiger charge is 2.53. The maximum Gasteiger partial charge on any atom is 0.0952 e. The molecular formula is C10H12O2. The van der Waals surface area contributed by atoms with Crippen molar-refractivity contribution in [3.05, 3.63) is 35.9 Å². The van der Waals surface area contributed by atoms with E-state index >= 15 is 0 Å². The molecule has 12 heavy (non-hydrogen) atoms. The Morgan fingerprint density at radius 2 is 2.00 bits per heavy atom. The van der Waals surface area contributed by atoms with Crippen molar-refractivity contribution in [3.63, 3.8) is 0 Å². The number of hydrogen-bond donors (Lipinski definition) is 2. The molecule has 2 unspecified atom stereocenters. The van der Waals surface area contributed by atoms with E-state index < -0.39 is 5.60 Å². The van der Waals surface area contributed by atoms with Crippen LogP contribution in [0.15, 0.2) is 30.3 Å². The second kappa shape index (κ2) is 2.57. The van der Waals surface area contributed by atoms with Crippen LogP contribution in [0.25, 0.3) is 0 Å². The van der Waals surface area contributed by atoms with Crippen molar-refractivity contribution < 1.29 is 10.2 Å².